The predicted octanol–water partition coefficient (Wildman–Crippen LogP) is 0.863. The van der Waals surface area contributed by atoms with E-state index in [1.165, 1.54) is 5.56 Å². The van der Waals surface area contributed by atoms with Crippen LogP contribution in [0.15, 0.2) is 18.2 Å². The molecule has 1 fully saturated rings. The predicted molar refractivity (Wildman–Crippen MR) is 65.6 cm³/mol. The van der Waals surface area contributed by atoms with Gasteiger partial charge in [-0.2, -0.15) is 0 Å². The highest BCUT2D eigenvalue weighted by atomic mass is 16.6. The van der Waals surface area contributed by atoms with Gasteiger partial charge in [0.05, 0.1) is 0 Å². The first kappa shape index (κ1) is 10.9. The Kier molecular flexibility index (Phi) is 3.16. The summed E-state index contributed by atoms with van der Waals surface area (Å²) < 4.78 is 11.1. The maximum Gasteiger partial charge on any atom is 0.161 e. The molecule has 0 atom stereocenters. The SMILES string of the molecule is c1cc2c(cc1CN1CCNCC1)OCCO2. The summed E-state index contributed by atoms with van der Waals surface area (Å²) in [5.41, 5.74) is 1.30. The molecule has 17 heavy (non-hydrogen) atoms. The van der Waals surface area contributed by atoms with E-state index in [9.17, 15) is 0 Å². The minimum absolute atomic E-state index is 0.657. The lowest BCUT2D eigenvalue weighted by molar-refractivity contribution is 0.170. The van der Waals surface area contributed by atoms with Gasteiger partial charge in [-0.05, 0) is 17.7 Å². The largest absolute Gasteiger partial charge is 0.486 e. The summed E-state index contributed by atoms with van der Waals surface area (Å²) in [7, 11) is 0. The zero-order chi connectivity index (χ0) is 11.5. The molecule has 0 aliphatic carbocycles. The highest BCUT2D eigenvalue weighted by Crippen LogP contribution is 2.31. The van der Waals surface area contributed by atoms with Gasteiger partial charge in [-0.1, -0.05) is 6.07 Å². The molecule has 0 saturated carbocycles. The molecule has 4 heteroatoms. The Morgan fingerprint density at radius 2 is 1.82 bits per heavy atom. The number of nitrogens with one attached hydrogen (secondary N) is 1. The van der Waals surface area contributed by atoms with Gasteiger partial charge < -0.3 is 14.8 Å². The summed E-state index contributed by atoms with van der Waals surface area (Å²) in [6.07, 6.45) is 0. The molecule has 92 valence electrons. The van der Waals surface area contributed by atoms with Crippen molar-refractivity contribution in [2.45, 2.75) is 6.54 Å². The Labute approximate surface area is 102 Å². The molecular formula is C13H18N2O2. The van der Waals surface area contributed by atoms with Gasteiger partial charge in [-0.25, -0.2) is 0 Å². The van der Waals surface area contributed by atoms with Crippen molar-refractivity contribution in [2.75, 3.05) is 39.4 Å². The summed E-state index contributed by atoms with van der Waals surface area (Å²) in [5.74, 6) is 1.77. The Bertz CT molecular complexity index is 389. The Morgan fingerprint density at radius 3 is 2.65 bits per heavy atom. The van der Waals surface area contributed by atoms with Crippen LogP contribution in [-0.2, 0) is 6.54 Å². The average molecular weight is 234 g/mol. The first-order valence-corrected chi connectivity index (χ1v) is 6.23. The lowest BCUT2D eigenvalue weighted by Crippen LogP contribution is -2.42. The number of ether oxygens (including phenoxy) is 2. The van der Waals surface area contributed by atoms with Gasteiger partial charge in [0, 0.05) is 32.7 Å². The van der Waals surface area contributed by atoms with Gasteiger partial charge in [-0.3, -0.25) is 4.90 Å². The molecule has 4 nitrogen and oxygen atoms in total. The maximum atomic E-state index is 5.60. The fraction of sp³-hybridized carbons (Fsp3) is 0.538. The fourth-order valence-corrected chi connectivity index (χ4v) is 2.31. The molecule has 1 saturated heterocycles. The number of fused-ring (bicyclic) bond motifs is 1. The van der Waals surface area contributed by atoms with Gasteiger partial charge >= 0.3 is 0 Å². The van der Waals surface area contributed by atoms with Crippen LogP contribution in [0.25, 0.3) is 0 Å². The van der Waals surface area contributed by atoms with Crippen molar-refractivity contribution < 1.29 is 9.47 Å². The number of benzene rings is 1. The van der Waals surface area contributed by atoms with Crippen LogP contribution in [0, 0.1) is 0 Å². The minimum atomic E-state index is 0.657. The second-order valence-corrected chi connectivity index (χ2v) is 4.50. The second-order valence-electron chi connectivity index (χ2n) is 4.50. The van der Waals surface area contributed by atoms with Crippen molar-refractivity contribution in [3.8, 4) is 11.5 Å². The van der Waals surface area contributed by atoms with E-state index in [2.05, 4.69) is 22.3 Å². The van der Waals surface area contributed by atoms with Crippen LogP contribution < -0.4 is 14.8 Å². The lowest BCUT2D eigenvalue weighted by atomic mass is 10.1. The summed E-state index contributed by atoms with van der Waals surface area (Å²) in [5, 5.41) is 3.36. The number of rotatable bonds is 2. The lowest BCUT2D eigenvalue weighted by Gasteiger charge is -2.27. The monoisotopic (exact) mass is 234 g/mol. The van der Waals surface area contributed by atoms with Crippen molar-refractivity contribution in [3.05, 3.63) is 23.8 Å². The van der Waals surface area contributed by atoms with E-state index in [0.717, 1.165) is 44.2 Å². The average Bonchev–Trinajstić information content (AvgIpc) is 2.40. The molecule has 3 rings (SSSR count). The number of hydrogen-bond acceptors (Lipinski definition) is 4. The van der Waals surface area contributed by atoms with Gasteiger partial charge in [0.25, 0.3) is 0 Å². The maximum absolute atomic E-state index is 5.60. The summed E-state index contributed by atoms with van der Waals surface area (Å²) >= 11 is 0. The van der Waals surface area contributed by atoms with E-state index >= 15 is 0 Å². The molecule has 1 aromatic carbocycles. The molecule has 1 aromatic rings. The van der Waals surface area contributed by atoms with Crippen molar-refractivity contribution in [2.24, 2.45) is 0 Å². The van der Waals surface area contributed by atoms with Crippen LogP contribution >= 0.6 is 0 Å². The molecule has 2 heterocycles. The fourth-order valence-electron chi connectivity index (χ4n) is 2.31. The third-order valence-electron chi connectivity index (χ3n) is 3.22. The van der Waals surface area contributed by atoms with Crippen LogP contribution in [0.3, 0.4) is 0 Å². The smallest absolute Gasteiger partial charge is 0.161 e. The van der Waals surface area contributed by atoms with Crippen molar-refractivity contribution in [1.82, 2.24) is 10.2 Å². The molecule has 2 aliphatic rings. The third-order valence-corrected chi connectivity index (χ3v) is 3.22. The molecule has 0 spiro atoms. The first-order valence-electron chi connectivity index (χ1n) is 6.23. The minimum Gasteiger partial charge on any atom is -0.486 e. The summed E-state index contributed by atoms with van der Waals surface area (Å²) in [6.45, 7) is 6.73. The third kappa shape index (κ3) is 2.53. The Morgan fingerprint density at radius 1 is 1.06 bits per heavy atom. The molecule has 0 aromatic heterocycles. The van der Waals surface area contributed by atoms with Crippen molar-refractivity contribution in [3.63, 3.8) is 0 Å². The zero-order valence-corrected chi connectivity index (χ0v) is 9.95. The summed E-state index contributed by atoms with van der Waals surface area (Å²) in [4.78, 5) is 2.46. The standard InChI is InChI=1S/C13H18N2O2/c1-2-12-13(17-8-7-16-12)9-11(1)10-15-5-3-14-4-6-15/h1-2,9,14H,3-8,10H2. The van der Waals surface area contributed by atoms with Crippen molar-refractivity contribution in [1.29, 1.82) is 0 Å². The number of hydrogen-bond donors (Lipinski definition) is 1. The molecule has 0 radical (unpaired) electrons. The van der Waals surface area contributed by atoms with E-state index in [1.807, 2.05) is 6.07 Å². The van der Waals surface area contributed by atoms with E-state index in [0.29, 0.717) is 13.2 Å². The molecule has 0 unspecified atom stereocenters. The molecule has 0 bridgehead atoms. The number of nitrogens with zero attached hydrogens (tertiary/aromatic N) is 1. The van der Waals surface area contributed by atoms with E-state index in [1.54, 1.807) is 0 Å². The van der Waals surface area contributed by atoms with E-state index < -0.39 is 0 Å². The van der Waals surface area contributed by atoms with E-state index in [-0.39, 0.29) is 0 Å². The van der Waals surface area contributed by atoms with Gasteiger partial charge in [0.15, 0.2) is 11.5 Å². The highest BCUT2D eigenvalue weighted by molar-refractivity contribution is 5.43. The van der Waals surface area contributed by atoms with Crippen LogP contribution in [0.5, 0.6) is 11.5 Å². The van der Waals surface area contributed by atoms with E-state index in [4.69, 9.17) is 9.47 Å². The molecule has 2 aliphatic heterocycles. The Hall–Kier alpha value is -1.26. The molecule has 0 amide bonds. The summed E-state index contributed by atoms with van der Waals surface area (Å²) in [6, 6.07) is 6.26. The Balaban J connectivity index is 1.70. The molecule has 1 N–H and O–H groups in total. The quantitative estimate of drug-likeness (QED) is 0.823. The van der Waals surface area contributed by atoms with Crippen molar-refractivity contribution >= 4 is 0 Å². The van der Waals surface area contributed by atoms with Crippen LogP contribution in [0.4, 0.5) is 0 Å². The van der Waals surface area contributed by atoms with Gasteiger partial charge in [0.1, 0.15) is 13.2 Å². The highest BCUT2D eigenvalue weighted by Gasteiger charge is 2.14. The molecular weight excluding hydrogens is 216 g/mol. The zero-order valence-electron chi connectivity index (χ0n) is 9.95. The normalized spacial score (nSPS) is 20.2. The second kappa shape index (κ2) is 4.94. The van der Waals surface area contributed by atoms with Gasteiger partial charge in [0.2, 0.25) is 0 Å². The number of piperazine rings is 1. The van der Waals surface area contributed by atoms with Gasteiger partial charge in [-0.15, -0.1) is 0 Å². The van der Waals surface area contributed by atoms with Crippen LogP contribution in [0.1, 0.15) is 5.56 Å². The topological polar surface area (TPSA) is 33.7 Å². The van der Waals surface area contributed by atoms with Crippen LogP contribution in [-0.4, -0.2) is 44.3 Å². The van der Waals surface area contributed by atoms with Crippen LogP contribution in [0.2, 0.25) is 0 Å². The first-order chi connectivity index (χ1) is 8.42.